The van der Waals surface area contributed by atoms with Gasteiger partial charge < -0.3 is 10.4 Å². The minimum absolute atomic E-state index is 0.445. The second-order valence-corrected chi connectivity index (χ2v) is 6.72. The minimum atomic E-state index is -0.630. The third-order valence-corrected chi connectivity index (χ3v) is 4.98. The van der Waals surface area contributed by atoms with Gasteiger partial charge in [0.25, 0.3) is 0 Å². The molecule has 1 atom stereocenters. The summed E-state index contributed by atoms with van der Waals surface area (Å²) in [6.07, 6.45) is -0.630. The predicted octanol–water partition coefficient (Wildman–Crippen LogP) is 5.28. The van der Waals surface area contributed by atoms with Gasteiger partial charge in [-0.3, -0.25) is 0 Å². The summed E-state index contributed by atoms with van der Waals surface area (Å²) in [5.74, 6) is 0. The average Bonchev–Trinajstić information content (AvgIpc) is 2.59. The van der Waals surface area contributed by atoms with Crippen LogP contribution < -0.4 is 5.32 Å². The highest BCUT2D eigenvalue weighted by atomic mass is 35.5. The maximum atomic E-state index is 10.3. The van der Waals surface area contributed by atoms with Crippen LogP contribution in [0.5, 0.6) is 0 Å². The lowest BCUT2D eigenvalue weighted by Crippen LogP contribution is -2.21. The van der Waals surface area contributed by atoms with E-state index in [9.17, 15) is 5.11 Å². The molecule has 0 spiro atoms. The van der Waals surface area contributed by atoms with Crippen LogP contribution in [0.15, 0.2) is 54.6 Å². The van der Waals surface area contributed by atoms with Crippen LogP contribution in [-0.4, -0.2) is 11.7 Å². The first-order chi connectivity index (χ1) is 11.6. The molecule has 124 valence electrons. The molecular weight excluding hydrogens is 341 g/mol. The first-order valence-electron chi connectivity index (χ1n) is 7.87. The Morgan fingerprint density at radius 3 is 2.58 bits per heavy atom. The number of aliphatic hydroxyl groups is 1. The number of rotatable bonds is 5. The van der Waals surface area contributed by atoms with Gasteiger partial charge in [0.1, 0.15) is 0 Å². The van der Waals surface area contributed by atoms with E-state index in [1.807, 2.05) is 6.07 Å². The van der Waals surface area contributed by atoms with Crippen LogP contribution in [-0.2, 0) is 6.54 Å². The van der Waals surface area contributed by atoms with Gasteiger partial charge in [0.2, 0.25) is 0 Å². The molecule has 0 bridgehead atoms. The number of benzene rings is 3. The van der Waals surface area contributed by atoms with Crippen LogP contribution in [0.4, 0.5) is 0 Å². The van der Waals surface area contributed by atoms with Crippen molar-refractivity contribution >= 4 is 34.0 Å². The molecular formula is C20H19Cl2NO. The number of hydrogen-bond donors (Lipinski definition) is 2. The highest BCUT2D eigenvalue weighted by Gasteiger charge is 2.10. The fourth-order valence-corrected chi connectivity index (χ4v) is 3.16. The van der Waals surface area contributed by atoms with Gasteiger partial charge in [-0.25, -0.2) is 0 Å². The topological polar surface area (TPSA) is 32.3 Å². The van der Waals surface area contributed by atoms with E-state index in [0.29, 0.717) is 23.1 Å². The number of fused-ring (bicyclic) bond motifs is 1. The van der Waals surface area contributed by atoms with Crippen molar-refractivity contribution < 1.29 is 5.11 Å². The Hall–Kier alpha value is -1.58. The van der Waals surface area contributed by atoms with Gasteiger partial charge in [0.05, 0.1) is 16.1 Å². The first-order valence-corrected chi connectivity index (χ1v) is 8.63. The summed E-state index contributed by atoms with van der Waals surface area (Å²) in [7, 11) is 0. The molecule has 0 aliphatic rings. The summed E-state index contributed by atoms with van der Waals surface area (Å²) in [5, 5.41) is 17.1. The quantitative estimate of drug-likeness (QED) is 0.649. The van der Waals surface area contributed by atoms with Crippen molar-refractivity contribution in [3.05, 3.63) is 81.3 Å². The summed E-state index contributed by atoms with van der Waals surface area (Å²) in [4.78, 5) is 0. The Labute approximate surface area is 152 Å². The van der Waals surface area contributed by atoms with Crippen LogP contribution in [0.2, 0.25) is 10.0 Å². The molecule has 0 saturated carbocycles. The molecule has 0 aliphatic carbocycles. The average molecular weight is 360 g/mol. The lowest BCUT2D eigenvalue weighted by Gasteiger charge is -2.15. The minimum Gasteiger partial charge on any atom is -0.387 e. The van der Waals surface area contributed by atoms with Crippen molar-refractivity contribution in [1.29, 1.82) is 0 Å². The zero-order valence-corrected chi connectivity index (χ0v) is 14.9. The van der Waals surface area contributed by atoms with E-state index in [-0.39, 0.29) is 0 Å². The van der Waals surface area contributed by atoms with Crippen LogP contribution in [0, 0.1) is 6.92 Å². The molecule has 0 aliphatic heterocycles. The van der Waals surface area contributed by atoms with Crippen LogP contribution in [0.1, 0.15) is 22.8 Å². The van der Waals surface area contributed by atoms with Gasteiger partial charge in [-0.1, -0.05) is 65.7 Å². The molecule has 3 rings (SSSR count). The fraction of sp³-hybridized carbons (Fsp3) is 0.200. The first kappa shape index (κ1) is 17.2. The molecule has 0 aromatic heterocycles. The lowest BCUT2D eigenvalue weighted by molar-refractivity contribution is 0.174. The Morgan fingerprint density at radius 2 is 1.79 bits per heavy atom. The largest absolute Gasteiger partial charge is 0.387 e. The molecule has 4 heteroatoms. The lowest BCUT2D eigenvalue weighted by atomic mass is 9.99. The van der Waals surface area contributed by atoms with E-state index >= 15 is 0 Å². The molecule has 1 unspecified atom stereocenters. The molecule has 24 heavy (non-hydrogen) atoms. The third kappa shape index (κ3) is 3.73. The van der Waals surface area contributed by atoms with Gasteiger partial charge in [-0.15, -0.1) is 0 Å². The standard InChI is InChI=1S/C20H19Cl2NO/c1-13-6-7-14-4-2-3-5-16(14)17(13)11-23-12-20(24)15-8-9-18(21)19(22)10-15/h2-10,20,23-24H,11-12H2,1H3. The van der Waals surface area contributed by atoms with E-state index in [1.165, 1.54) is 21.9 Å². The molecule has 3 aromatic rings. The second-order valence-electron chi connectivity index (χ2n) is 5.90. The van der Waals surface area contributed by atoms with E-state index in [0.717, 1.165) is 5.56 Å². The summed E-state index contributed by atoms with van der Waals surface area (Å²) in [6.45, 7) is 3.26. The summed E-state index contributed by atoms with van der Waals surface area (Å²) >= 11 is 11.9. The molecule has 2 N–H and O–H groups in total. The van der Waals surface area contributed by atoms with Crippen LogP contribution >= 0.6 is 23.2 Å². The number of hydrogen-bond acceptors (Lipinski definition) is 2. The molecule has 2 nitrogen and oxygen atoms in total. The number of aliphatic hydroxyl groups excluding tert-OH is 1. The normalized spacial score (nSPS) is 12.5. The Kier molecular flexibility index (Phi) is 5.42. The smallest absolute Gasteiger partial charge is 0.0915 e. The van der Waals surface area contributed by atoms with Crippen molar-refractivity contribution in [2.24, 2.45) is 0 Å². The molecule has 0 radical (unpaired) electrons. The molecule has 3 aromatic carbocycles. The number of nitrogens with one attached hydrogen (secondary N) is 1. The zero-order chi connectivity index (χ0) is 17.1. The Morgan fingerprint density at radius 1 is 1.00 bits per heavy atom. The van der Waals surface area contributed by atoms with Crippen LogP contribution in [0.3, 0.4) is 0 Å². The number of aryl methyl sites for hydroxylation is 1. The highest BCUT2D eigenvalue weighted by molar-refractivity contribution is 6.42. The van der Waals surface area contributed by atoms with E-state index in [2.05, 4.69) is 42.6 Å². The SMILES string of the molecule is Cc1ccc2ccccc2c1CNCC(O)c1ccc(Cl)c(Cl)c1. The summed E-state index contributed by atoms with van der Waals surface area (Å²) in [6, 6.07) is 17.8. The monoisotopic (exact) mass is 359 g/mol. The van der Waals surface area contributed by atoms with Crippen molar-refractivity contribution in [2.45, 2.75) is 19.6 Å². The predicted molar refractivity (Wildman–Crippen MR) is 102 cm³/mol. The van der Waals surface area contributed by atoms with Crippen molar-refractivity contribution in [1.82, 2.24) is 5.32 Å². The van der Waals surface area contributed by atoms with E-state index in [4.69, 9.17) is 23.2 Å². The van der Waals surface area contributed by atoms with Gasteiger partial charge in [0.15, 0.2) is 0 Å². The van der Waals surface area contributed by atoms with Gasteiger partial charge in [0, 0.05) is 13.1 Å². The van der Waals surface area contributed by atoms with Gasteiger partial charge in [-0.05, 0) is 46.5 Å². The maximum Gasteiger partial charge on any atom is 0.0915 e. The summed E-state index contributed by atoms with van der Waals surface area (Å²) in [5.41, 5.74) is 3.26. The van der Waals surface area contributed by atoms with Crippen molar-refractivity contribution in [3.63, 3.8) is 0 Å². The zero-order valence-electron chi connectivity index (χ0n) is 13.4. The molecule has 0 saturated heterocycles. The molecule has 0 amide bonds. The van der Waals surface area contributed by atoms with Crippen LogP contribution in [0.25, 0.3) is 10.8 Å². The van der Waals surface area contributed by atoms with Gasteiger partial charge >= 0.3 is 0 Å². The van der Waals surface area contributed by atoms with E-state index < -0.39 is 6.10 Å². The Bertz CT molecular complexity index is 863. The van der Waals surface area contributed by atoms with E-state index in [1.54, 1.807) is 18.2 Å². The maximum absolute atomic E-state index is 10.3. The fourth-order valence-electron chi connectivity index (χ4n) is 2.85. The van der Waals surface area contributed by atoms with Crippen molar-refractivity contribution in [2.75, 3.05) is 6.54 Å². The second kappa shape index (κ2) is 7.54. The summed E-state index contributed by atoms with van der Waals surface area (Å²) < 4.78 is 0. The number of halogens is 2. The molecule has 0 fully saturated rings. The Balaban J connectivity index is 1.70. The van der Waals surface area contributed by atoms with Gasteiger partial charge in [-0.2, -0.15) is 0 Å². The highest BCUT2D eigenvalue weighted by Crippen LogP contribution is 2.26. The molecule has 0 heterocycles. The van der Waals surface area contributed by atoms with Crippen molar-refractivity contribution in [3.8, 4) is 0 Å². The third-order valence-electron chi connectivity index (χ3n) is 4.24.